The third-order valence-corrected chi connectivity index (χ3v) is 15.2. The first-order valence-electron chi connectivity index (χ1n) is 14.9. The average molecular weight is 483 g/mol. The molecule has 0 aromatic heterocycles. The lowest BCUT2D eigenvalue weighted by molar-refractivity contribution is -0.309. The first kappa shape index (κ1) is 27.8. The van der Waals surface area contributed by atoms with E-state index >= 15 is 0 Å². The van der Waals surface area contributed by atoms with Crippen molar-refractivity contribution >= 4 is 0 Å². The van der Waals surface area contributed by atoms with Gasteiger partial charge in [0.25, 0.3) is 0 Å². The Balaban J connectivity index is 2.09. The van der Waals surface area contributed by atoms with Crippen LogP contribution in [-0.4, -0.2) is 0 Å². The van der Waals surface area contributed by atoms with Crippen molar-refractivity contribution in [1.29, 1.82) is 0 Å². The second-order valence-corrected chi connectivity index (χ2v) is 19.1. The van der Waals surface area contributed by atoms with Crippen LogP contribution in [0.25, 0.3) is 0 Å². The summed E-state index contributed by atoms with van der Waals surface area (Å²) in [6, 6.07) is 0. The van der Waals surface area contributed by atoms with E-state index in [4.69, 9.17) is 0 Å². The molecule has 0 heterocycles. The van der Waals surface area contributed by atoms with Crippen LogP contribution in [0.4, 0.5) is 0 Å². The Hall–Kier alpha value is -0.260. The average Bonchev–Trinajstić information content (AvgIpc) is 2.91. The molecule has 3 saturated carbocycles. The number of rotatable bonds is 0. The lowest BCUT2D eigenvalue weighted by atomic mass is 9.26. The van der Waals surface area contributed by atoms with E-state index in [1.54, 1.807) is 0 Å². The normalized spacial score (nSPS) is 45.7. The Morgan fingerprint density at radius 2 is 0.686 bits per heavy atom. The number of fused-ring (bicyclic) bond motifs is 4. The Bertz CT molecular complexity index is 925. The standard InChI is InChI=1S/C35H62/c1-27(2)19-20-28(3,4)23-21(27)22-24(30(23,7)8)31(9,10)26-25(29(22,5)6)32(11,12)34(15,16)35(17,18)33(26,13)14/h19-26H,1-18H3. The van der Waals surface area contributed by atoms with Gasteiger partial charge in [-0.15, -0.1) is 0 Å². The Morgan fingerprint density at radius 1 is 0.343 bits per heavy atom. The van der Waals surface area contributed by atoms with Gasteiger partial charge in [0.15, 0.2) is 0 Å². The minimum Gasteiger partial charge on any atom is -0.0820 e. The van der Waals surface area contributed by atoms with Crippen molar-refractivity contribution in [2.24, 2.45) is 84.2 Å². The van der Waals surface area contributed by atoms with Gasteiger partial charge >= 0.3 is 0 Å². The van der Waals surface area contributed by atoms with Crippen molar-refractivity contribution in [2.45, 2.75) is 125 Å². The molecular formula is C35H62. The SMILES string of the molecule is CC1(C)C=CC(C)(C)C2C1C1C(C2(C)C)C(C)(C)C2C(C1(C)C)C(C)(C)C(C)(C)C(C)(C)C2(C)C. The molecule has 4 aliphatic carbocycles. The maximum Gasteiger partial charge on any atom is -0.0138 e. The molecule has 0 aliphatic heterocycles. The van der Waals surface area contributed by atoms with Crippen molar-refractivity contribution in [3.63, 3.8) is 0 Å². The van der Waals surface area contributed by atoms with Crippen LogP contribution in [0.15, 0.2) is 12.2 Å². The first-order valence-corrected chi connectivity index (χ1v) is 14.9. The van der Waals surface area contributed by atoms with E-state index in [2.05, 4.69) is 137 Å². The molecule has 0 spiro atoms. The summed E-state index contributed by atoms with van der Waals surface area (Å²) in [4.78, 5) is 0. The lowest BCUT2D eigenvalue weighted by Gasteiger charge is -2.78. The van der Waals surface area contributed by atoms with E-state index in [0.717, 1.165) is 11.8 Å². The molecule has 0 heteroatoms. The topological polar surface area (TPSA) is 0 Å². The fourth-order valence-corrected chi connectivity index (χ4v) is 13.1. The zero-order chi connectivity index (χ0) is 27.4. The van der Waals surface area contributed by atoms with Gasteiger partial charge in [-0.2, -0.15) is 0 Å². The quantitative estimate of drug-likeness (QED) is 0.301. The molecule has 35 heavy (non-hydrogen) atoms. The van der Waals surface area contributed by atoms with Crippen molar-refractivity contribution in [1.82, 2.24) is 0 Å². The molecule has 0 bridgehead atoms. The highest BCUT2D eigenvalue weighted by atomic mass is 14.8. The van der Waals surface area contributed by atoms with Crippen LogP contribution < -0.4 is 0 Å². The minimum atomic E-state index is 0.236. The van der Waals surface area contributed by atoms with E-state index < -0.39 is 0 Å². The van der Waals surface area contributed by atoms with Crippen LogP contribution in [0, 0.1) is 84.2 Å². The van der Waals surface area contributed by atoms with Gasteiger partial charge in [-0.3, -0.25) is 0 Å². The van der Waals surface area contributed by atoms with E-state index in [1.807, 2.05) is 0 Å². The summed E-state index contributed by atoms with van der Waals surface area (Å²) < 4.78 is 0. The summed E-state index contributed by atoms with van der Waals surface area (Å²) in [5, 5.41) is 0. The molecule has 0 aromatic rings. The molecule has 0 amide bonds. The maximum absolute atomic E-state index is 2.73. The Labute approximate surface area is 220 Å². The summed E-state index contributed by atoms with van der Waals surface area (Å²) in [6.45, 7) is 47.5. The predicted octanol–water partition coefficient (Wildman–Crippen LogP) is 10.5. The monoisotopic (exact) mass is 482 g/mol. The largest absolute Gasteiger partial charge is 0.0820 e. The third kappa shape index (κ3) is 2.82. The number of hydrogen-bond acceptors (Lipinski definition) is 0. The molecule has 4 aliphatic rings. The van der Waals surface area contributed by atoms with E-state index in [1.165, 1.54) is 0 Å². The molecule has 0 N–H and O–H groups in total. The van der Waals surface area contributed by atoms with Crippen molar-refractivity contribution < 1.29 is 0 Å². The van der Waals surface area contributed by atoms with E-state index in [0.29, 0.717) is 29.1 Å². The van der Waals surface area contributed by atoms with Crippen LogP contribution in [0.5, 0.6) is 0 Å². The van der Waals surface area contributed by atoms with Crippen LogP contribution in [0.1, 0.15) is 125 Å². The molecule has 0 saturated heterocycles. The molecule has 0 nitrogen and oxygen atoms in total. The van der Waals surface area contributed by atoms with E-state index in [9.17, 15) is 0 Å². The van der Waals surface area contributed by atoms with Gasteiger partial charge in [0.05, 0.1) is 0 Å². The van der Waals surface area contributed by atoms with E-state index in [-0.39, 0.29) is 43.3 Å². The zero-order valence-electron chi connectivity index (χ0n) is 27.1. The smallest absolute Gasteiger partial charge is 0.0138 e. The van der Waals surface area contributed by atoms with Gasteiger partial charge < -0.3 is 0 Å². The summed E-state index contributed by atoms with van der Waals surface area (Å²) in [5.41, 5.74) is 2.28. The van der Waals surface area contributed by atoms with Crippen LogP contribution in [0.2, 0.25) is 0 Å². The molecule has 202 valence electrons. The second kappa shape index (κ2) is 6.65. The molecule has 0 aromatic carbocycles. The lowest BCUT2D eigenvalue weighted by Crippen LogP contribution is -2.73. The fourth-order valence-electron chi connectivity index (χ4n) is 13.1. The molecular weight excluding hydrogens is 420 g/mol. The summed E-state index contributed by atoms with van der Waals surface area (Å²) >= 11 is 0. The molecule has 0 radical (unpaired) electrons. The van der Waals surface area contributed by atoms with Gasteiger partial charge in [-0.25, -0.2) is 0 Å². The van der Waals surface area contributed by atoms with Crippen LogP contribution in [-0.2, 0) is 0 Å². The van der Waals surface area contributed by atoms with Crippen molar-refractivity contribution in [3.8, 4) is 0 Å². The highest BCUT2D eigenvalue weighted by Crippen LogP contribution is 2.84. The minimum absolute atomic E-state index is 0.236. The van der Waals surface area contributed by atoms with Crippen LogP contribution in [0.3, 0.4) is 0 Å². The fraction of sp³-hybridized carbons (Fsp3) is 0.943. The number of allylic oxidation sites excluding steroid dienone is 2. The molecule has 4 rings (SSSR count). The van der Waals surface area contributed by atoms with Gasteiger partial charge in [-0.1, -0.05) is 137 Å². The van der Waals surface area contributed by atoms with Gasteiger partial charge in [0.1, 0.15) is 0 Å². The molecule has 6 unspecified atom stereocenters. The number of hydrogen-bond donors (Lipinski definition) is 0. The summed E-state index contributed by atoms with van der Waals surface area (Å²) in [6.07, 6.45) is 5.21. The van der Waals surface area contributed by atoms with Gasteiger partial charge in [0.2, 0.25) is 0 Å². The van der Waals surface area contributed by atoms with Crippen molar-refractivity contribution in [2.75, 3.05) is 0 Å². The highest BCUT2D eigenvalue weighted by Gasteiger charge is 2.79. The van der Waals surface area contributed by atoms with Crippen molar-refractivity contribution in [3.05, 3.63) is 12.2 Å². The summed E-state index contributed by atoms with van der Waals surface area (Å²) in [5.74, 6) is 4.23. The second-order valence-electron chi connectivity index (χ2n) is 19.1. The Kier molecular flexibility index (Phi) is 5.28. The predicted molar refractivity (Wildman–Crippen MR) is 154 cm³/mol. The summed E-state index contributed by atoms with van der Waals surface area (Å²) in [7, 11) is 0. The van der Waals surface area contributed by atoms with Crippen LogP contribution >= 0.6 is 0 Å². The van der Waals surface area contributed by atoms with Gasteiger partial charge in [-0.05, 0) is 84.2 Å². The zero-order valence-corrected chi connectivity index (χ0v) is 27.1. The maximum atomic E-state index is 2.73. The first-order chi connectivity index (χ1) is 15.2. The highest BCUT2D eigenvalue weighted by molar-refractivity contribution is 5.30. The Morgan fingerprint density at radius 3 is 1.11 bits per heavy atom. The molecule has 6 atom stereocenters. The molecule has 3 fully saturated rings. The third-order valence-electron chi connectivity index (χ3n) is 15.2. The van der Waals surface area contributed by atoms with Gasteiger partial charge in [0, 0.05) is 0 Å².